The summed E-state index contributed by atoms with van der Waals surface area (Å²) in [5.41, 5.74) is 3.75. The van der Waals surface area contributed by atoms with Crippen LogP contribution in [0.25, 0.3) is 0 Å². The second-order valence-electron chi connectivity index (χ2n) is 13.8. The Balaban J connectivity index is 1.28. The maximum Gasteiger partial charge on any atom is 0.303 e. The lowest BCUT2D eigenvalue weighted by Crippen LogP contribution is -2.39. The number of nitrogens with zero attached hydrogens (tertiary/aromatic N) is 2. The molecule has 45 heavy (non-hydrogen) atoms. The van der Waals surface area contributed by atoms with E-state index in [0.29, 0.717) is 30.6 Å². The highest BCUT2D eigenvalue weighted by Crippen LogP contribution is 2.45. The van der Waals surface area contributed by atoms with Crippen LogP contribution in [-0.2, 0) is 4.79 Å². The molecule has 1 heterocycles. The van der Waals surface area contributed by atoms with Gasteiger partial charge in [0.1, 0.15) is 11.5 Å². The zero-order chi connectivity index (χ0) is 32.0. The molecule has 1 saturated heterocycles. The average molecular weight is 613 g/mol. The number of carboxylic acids is 1. The van der Waals surface area contributed by atoms with Crippen molar-refractivity contribution in [1.82, 2.24) is 0 Å². The number of benzene rings is 3. The van der Waals surface area contributed by atoms with E-state index >= 15 is 0 Å². The molecule has 5 rings (SSSR count). The van der Waals surface area contributed by atoms with Gasteiger partial charge < -0.3 is 24.4 Å². The van der Waals surface area contributed by atoms with Gasteiger partial charge in [0.05, 0.1) is 31.5 Å². The van der Waals surface area contributed by atoms with Crippen LogP contribution in [0.2, 0.25) is 0 Å². The van der Waals surface area contributed by atoms with Crippen molar-refractivity contribution in [3.63, 3.8) is 0 Å². The van der Waals surface area contributed by atoms with Gasteiger partial charge in [-0.05, 0) is 97.2 Å². The van der Waals surface area contributed by atoms with Crippen molar-refractivity contribution in [2.24, 2.45) is 17.3 Å². The molecule has 0 aromatic heterocycles. The number of anilines is 2. The maximum atomic E-state index is 13.9. The SMILES string of the molecule is COc1ccc(N(CCC(C)(C)C)C(=O)c2ccccc2)c(N2CCC(COc3cccc(C(CC(=O)O)C4CC4)c3)CC2)c1. The Morgan fingerprint density at radius 2 is 1.67 bits per heavy atom. The lowest BCUT2D eigenvalue weighted by atomic mass is 9.91. The van der Waals surface area contributed by atoms with E-state index in [1.165, 1.54) is 0 Å². The molecule has 0 spiro atoms. The molecular formula is C38H48N2O5. The first-order valence-corrected chi connectivity index (χ1v) is 16.4. The quantitative estimate of drug-likeness (QED) is 0.210. The van der Waals surface area contributed by atoms with Gasteiger partial charge >= 0.3 is 5.97 Å². The van der Waals surface area contributed by atoms with Gasteiger partial charge in [-0.25, -0.2) is 0 Å². The summed E-state index contributed by atoms with van der Waals surface area (Å²) < 4.78 is 11.9. The Morgan fingerprint density at radius 3 is 2.31 bits per heavy atom. The van der Waals surface area contributed by atoms with Gasteiger partial charge in [-0.2, -0.15) is 0 Å². The standard InChI is InChI=1S/C38H48N2O5/c1-38(2,3)19-22-40(37(43)29-9-6-5-7-10-29)34-16-15-31(44-4)24-35(34)39-20-17-27(18-21-39)26-45-32-12-8-11-30(23-32)33(25-36(41)42)28-13-14-28/h5-12,15-16,23-24,27-28,33H,13-14,17-22,25-26H2,1-4H3,(H,41,42). The van der Waals surface area contributed by atoms with Gasteiger partial charge in [-0.15, -0.1) is 0 Å². The van der Waals surface area contributed by atoms with Crippen LogP contribution in [0.5, 0.6) is 11.5 Å². The molecule has 2 fully saturated rings. The summed E-state index contributed by atoms with van der Waals surface area (Å²) in [5, 5.41) is 9.42. The Bertz CT molecular complexity index is 1440. The number of hydrogen-bond acceptors (Lipinski definition) is 5. The van der Waals surface area contributed by atoms with E-state index in [1.807, 2.05) is 71.6 Å². The highest BCUT2D eigenvalue weighted by atomic mass is 16.5. The molecule has 2 aliphatic rings. The van der Waals surface area contributed by atoms with Crippen LogP contribution in [0.15, 0.2) is 72.8 Å². The number of hydrogen-bond donors (Lipinski definition) is 1. The van der Waals surface area contributed by atoms with Crippen molar-refractivity contribution in [2.45, 2.75) is 65.2 Å². The zero-order valence-electron chi connectivity index (χ0n) is 27.2. The fourth-order valence-corrected chi connectivity index (χ4v) is 6.26. The predicted molar refractivity (Wildman–Crippen MR) is 180 cm³/mol. The number of carboxylic acid groups (broad SMARTS) is 1. The van der Waals surface area contributed by atoms with Crippen molar-refractivity contribution < 1.29 is 24.2 Å². The average Bonchev–Trinajstić information content (AvgIpc) is 3.88. The highest BCUT2D eigenvalue weighted by Gasteiger charge is 2.34. The van der Waals surface area contributed by atoms with Gasteiger partial charge in [0, 0.05) is 31.3 Å². The van der Waals surface area contributed by atoms with Gasteiger partial charge in [0.15, 0.2) is 0 Å². The summed E-state index contributed by atoms with van der Waals surface area (Å²) in [6.45, 7) is 9.56. The third-order valence-electron chi connectivity index (χ3n) is 9.14. The van der Waals surface area contributed by atoms with Gasteiger partial charge in [-0.3, -0.25) is 9.59 Å². The number of amides is 1. The Kier molecular flexibility index (Phi) is 10.4. The minimum absolute atomic E-state index is 0.00376. The van der Waals surface area contributed by atoms with Crippen molar-refractivity contribution in [3.8, 4) is 11.5 Å². The number of carbonyl (C=O) groups excluding carboxylic acids is 1. The number of methoxy groups -OCH3 is 1. The van der Waals surface area contributed by atoms with E-state index in [-0.39, 0.29) is 23.7 Å². The molecule has 7 nitrogen and oxygen atoms in total. The fourth-order valence-electron chi connectivity index (χ4n) is 6.26. The molecule has 1 N–H and O–H groups in total. The predicted octanol–water partition coefficient (Wildman–Crippen LogP) is 8.04. The van der Waals surface area contributed by atoms with Crippen molar-refractivity contribution in [1.29, 1.82) is 0 Å². The third kappa shape index (κ3) is 8.80. The molecule has 7 heteroatoms. The summed E-state index contributed by atoms with van der Waals surface area (Å²) in [6, 6.07) is 23.6. The van der Waals surface area contributed by atoms with Crippen molar-refractivity contribution >= 4 is 23.3 Å². The zero-order valence-corrected chi connectivity index (χ0v) is 27.2. The number of aliphatic carboxylic acids is 1. The first-order chi connectivity index (χ1) is 21.6. The molecule has 0 radical (unpaired) electrons. The third-order valence-corrected chi connectivity index (χ3v) is 9.14. The second kappa shape index (κ2) is 14.4. The Morgan fingerprint density at radius 1 is 0.933 bits per heavy atom. The van der Waals surface area contributed by atoms with Crippen LogP contribution >= 0.6 is 0 Å². The first kappa shape index (κ1) is 32.4. The van der Waals surface area contributed by atoms with Gasteiger partial charge in [0.2, 0.25) is 0 Å². The number of ether oxygens (including phenoxy) is 2. The van der Waals surface area contributed by atoms with E-state index in [2.05, 4.69) is 31.7 Å². The Hall–Kier alpha value is -4.00. The van der Waals surface area contributed by atoms with Gasteiger partial charge in [-0.1, -0.05) is 51.1 Å². The van der Waals surface area contributed by atoms with E-state index in [4.69, 9.17) is 9.47 Å². The van der Waals surface area contributed by atoms with Crippen LogP contribution in [0.4, 0.5) is 11.4 Å². The molecule has 1 aliphatic carbocycles. The molecule has 1 unspecified atom stereocenters. The summed E-state index contributed by atoms with van der Waals surface area (Å²) in [7, 11) is 1.68. The van der Waals surface area contributed by atoms with E-state index < -0.39 is 5.97 Å². The minimum atomic E-state index is -0.745. The normalized spacial score (nSPS) is 16.2. The topological polar surface area (TPSA) is 79.3 Å². The molecule has 3 aromatic carbocycles. The molecular weight excluding hydrogens is 564 g/mol. The number of piperidine rings is 1. The monoisotopic (exact) mass is 612 g/mol. The van der Waals surface area contributed by atoms with Crippen molar-refractivity contribution in [3.05, 3.63) is 83.9 Å². The van der Waals surface area contributed by atoms with Crippen LogP contribution in [-0.4, -0.2) is 50.3 Å². The number of rotatable bonds is 13. The molecule has 1 aliphatic heterocycles. The van der Waals surface area contributed by atoms with Crippen LogP contribution in [0.1, 0.15) is 81.1 Å². The van der Waals surface area contributed by atoms with Crippen LogP contribution in [0.3, 0.4) is 0 Å². The molecule has 3 aromatic rings. The van der Waals surface area contributed by atoms with Crippen LogP contribution < -0.4 is 19.3 Å². The summed E-state index contributed by atoms with van der Waals surface area (Å²) >= 11 is 0. The van der Waals surface area contributed by atoms with E-state index in [9.17, 15) is 14.7 Å². The lowest BCUT2D eigenvalue weighted by molar-refractivity contribution is -0.137. The smallest absolute Gasteiger partial charge is 0.303 e. The van der Waals surface area contributed by atoms with Gasteiger partial charge in [0.25, 0.3) is 5.91 Å². The molecule has 1 amide bonds. The van der Waals surface area contributed by atoms with E-state index in [0.717, 1.165) is 73.6 Å². The largest absolute Gasteiger partial charge is 0.497 e. The summed E-state index contributed by atoms with van der Waals surface area (Å²) in [6.07, 6.45) is 5.18. The molecule has 0 bridgehead atoms. The van der Waals surface area contributed by atoms with Crippen LogP contribution in [0, 0.1) is 17.3 Å². The highest BCUT2D eigenvalue weighted by molar-refractivity contribution is 6.08. The second-order valence-corrected chi connectivity index (χ2v) is 13.8. The first-order valence-electron chi connectivity index (χ1n) is 16.4. The minimum Gasteiger partial charge on any atom is -0.497 e. The maximum absolute atomic E-state index is 13.9. The molecule has 1 saturated carbocycles. The van der Waals surface area contributed by atoms with E-state index in [1.54, 1.807) is 7.11 Å². The van der Waals surface area contributed by atoms with Crippen molar-refractivity contribution in [2.75, 3.05) is 43.2 Å². The summed E-state index contributed by atoms with van der Waals surface area (Å²) in [5.74, 6) is 1.78. The number of carbonyl (C=O) groups is 2. The molecule has 1 atom stereocenters. The summed E-state index contributed by atoms with van der Waals surface area (Å²) in [4.78, 5) is 29.7. The Labute approximate surface area is 268 Å². The lowest BCUT2D eigenvalue weighted by Gasteiger charge is -2.37. The molecule has 240 valence electrons. The fraction of sp³-hybridized carbons (Fsp3) is 0.474.